The van der Waals surface area contributed by atoms with E-state index in [4.69, 9.17) is 0 Å². The molecule has 0 aliphatic carbocycles. The molecule has 30 heavy (non-hydrogen) atoms. The summed E-state index contributed by atoms with van der Waals surface area (Å²) in [6, 6.07) is 26.2. The van der Waals surface area contributed by atoms with Gasteiger partial charge in [0.1, 0.15) is 5.82 Å². The topological polar surface area (TPSA) is 41.1 Å². The van der Waals surface area contributed by atoms with Crippen molar-refractivity contribution >= 4 is 16.7 Å². The lowest BCUT2D eigenvalue weighted by molar-refractivity contribution is 0.0951. The Morgan fingerprint density at radius 3 is 2.40 bits per heavy atom. The summed E-state index contributed by atoms with van der Waals surface area (Å²) >= 11 is 0. The van der Waals surface area contributed by atoms with Crippen LogP contribution in [-0.4, -0.2) is 13.0 Å². The molecule has 4 aromatic carbocycles. The first-order valence-corrected chi connectivity index (χ1v) is 9.93. The third-order valence-corrected chi connectivity index (χ3v) is 5.16. The van der Waals surface area contributed by atoms with Crippen molar-refractivity contribution in [2.75, 3.05) is 7.05 Å². The molecule has 0 aliphatic rings. The molecule has 0 fully saturated rings. The van der Waals surface area contributed by atoms with Crippen molar-refractivity contribution in [2.24, 2.45) is 0 Å². The maximum absolute atomic E-state index is 13.4. The van der Waals surface area contributed by atoms with E-state index in [0.29, 0.717) is 12.1 Å². The van der Waals surface area contributed by atoms with Gasteiger partial charge < -0.3 is 10.6 Å². The van der Waals surface area contributed by atoms with Crippen LogP contribution >= 0.6 is 0 Å². The molecule has 0 atom stereocenters. The number of hydrogen-bond donors (Lipinski definition) is 2. The standard InChI is InChI=1S/C26H23FN2O/c1-28-16-18-8-13-25-22(14-18)5-2-6-23(25)17-29-26(30)20-11-9-19(10-12-20)21-4-3-7-24(27)15-21/h2-15,28H,16-17H2,1H3,(H,29,30). The molecule has 1 amide bonds. The van der Waals surface area contributed by atoms with Gasteiger partial charge in [0.05, 0.1) is 0 Å². The Morgan fingerprint density at radius 2 is 1.63 bits per heavy atom. The molecule has 0 bridgehead atoms. The van der Waals surface area contributed by atoms with Crippen molar-refractivity contribution in [3.05, 3.63) is 107 Å². The number of hydrogen-bond acceptors (Lipinski definition) is 2. The number of carbonyl (C=O) groups excluding carboxylic acids is 1. The first-order chi connectivity index (χ1) is 14.6. The van der Waals surface area contributed by atoms with Crippen LogP contribution in [0.2, 0.25) is 0 Å². The first kappa shape index (κ1) is 19.8. The van der Waals surface area contributed by atoms with Crippen molar-refractivity contribution in [2.45, 2.75) is 13.1 Å². The number of amides is 1. The highest BCUT2D eigenvalue weighted by Gasteiger charge is 2.08. The predicted octanol–water partition coefficient (Wildman–Crippen LogP) is 5.30. The molecule has 0 aromatic heterocycles. The third kappa shape index (κ3) is 4.39. The normalized spacial score (nSPS) is 10.9. The minimum Gasteiger partial charge on any atom is -0.348 e. The first-order valence-electron chi connectivity index (χ1n) is 9.93. The number of halogens is 1. The van der Waals surface area contributed by atoms with Gasteiger partial charge in [-0.25, -0.2) is 4.39 Å². The highest BCUT2D eigenvalue weighted by molar-refractivity contribution is 5.95. The number of rotatable bonds is 6. The zero-order valence-electron chi connectivity index (χ0n) is 16.8. The summed E-state index contributed by atoms with van der Waals surface area (Å²) in [6.45, 7) is 1.27. The van der Waals surface area contributed by atoms with E-state index in [-0.39, 0.29) is 11.7 Å². The van der Waals surface area contributed by atoms with Gasteiger partial charge in [-0.15, -0.1) is 0 Å². The number of carbonyl (C=O) groups is 1. The molecular weight excluding hydrogens is 375 g/mol. The molecular formula is C26H23FN2O. The summed E-state index contributed by atoms with van der Waals surface area (Å²) in [5.74, 6) is -0.410. The highest BCUT2D eigenvalue weighted by Crippen LogP contribution is 2.22. The molecule has 0 aliphatic heterocycles. The van der Waals surface area contributed by atoms with Crippen molar-refractivity contribution in [1.29, 1.82) is 0 Å². The van der Waals surface area contributed by atoms with Gasteiger partial charge in [0.2, 0.25) is 0 Å². The van der Waals surface area contributed by atoms with E-state index >= 15 is 0 Å². The van der Waals surface area contributed by atoms with Crippen LogP contribution in [0.15, 0.2) is 84.9 Å². The second-order valence-electron chi connectivity index (χ2n) is 7.27. The lowest BCUT2D eigenvalue weighted by atomic mass is 10.0. The van der Waals surface area contributed by atoms with Crippen molar-refractivity contribution in [1.82, 2.24) is 10.6 Å². The van der Waals surface area contributed by atoms with E-state index in [1.165, 1.54) is 17.7 Å². The van der Waals surface area contributed by atoms with Gasteiger partial charge in [-0.3, -0.25) is 4.79 Å². The van der Waals surface area contributed by atoms with Gasteiger partial charge in [-0.1, -0.05) is 54.6 Å². The fourth-order valence-electron chi connectivity index (χ4n) is 3.63. The number of benzene rings is 4. The average molecular weight is 398 g/mol. The molecule has 0 spiro atoms. The molecule has 0 radical (unpaired) electrons. The van der Waals surface area contributed by atoms with Crippen LogP contribution in [0.1, 0.15) is 21.5 Å². The smallest absolute Gasteiger partial charge is 0.251 e. The minimum absolute atomic E-state index is 0.135. The molecule has 4 heteroatoms. The lowest BCUT2D eigenvalue weighted by Gasteiger charge is -2.10. The van der Waals surface area contributed by atoms with Gasteiger partial charge in [0.15, 0.2) is 0 Å². The second kappa shape index (κ2) is 8.89. The summed E-state index contributed by atoms with van der Waals surface area (Å²) in [5, 5.41) is 8.47. The minimum atomic E-state index is -0.275. The van der Waals surface area contributed by atoms with Crippen LogP contribution < -0.4 is 10.6 Å². The average Bonchev–Trinajstić information content (AvgIpc) is 2.77. The van der Waals surface area contributed by atoms with Gasteiger partial charge in [-0.2, -0.15) is 0 Å². The highest BCUT2D eigenvalue weighted by atomic mass is 19.1. The molecule has 2 N–H and O–H groups in total. The van der Waals surface area contributed by atoms with E-state index in [0.717, 1.165) is 34.0 Å². The number of fused-ring (bicyclic) bond motifs is 1. The van der Waals surface area contributed by atoms with Crippen LogP contribution in [0, 0.1) is 5.82 Å². The Kier molecular flexibility index (Phi) is 5.87. The Balaban J connectivity index is 1.47. The van der Waals surface area contributed by atoms with Crippen molar-refractivity contribution in [3.63, 3.8) is 0 Å². The van der Waals surface area contributed by atoms with Gasteiger partial charge in [0, 0.05) is 18.7 Å². The Hall–Kier alpha value is -3.50. The fourth-order valence-corrected chi connectivity index (χ4v) is 3.63. The third-order valence-electron chi connectivity index (χ3n) is 5.16. The lowest BCUT2D eigenvalue weighted by Crippen LogP contribution is -2.22. The van der Waals surface area contributed by atoms with Gasteiger partial charge >= 0.3 is 0 Å². The Morgan fingerprint density at radius 1 is 0.833 bits per heavy atom. The molecule has 3 nitrogen and oxygen atoms in total. The Labute approximate surface area is 175 Å². The second-order valence-corrected chi connectivity index (χ2v) is 7.27. The van der Waals surface area contributed by atoms with Gasteiger partial charge in [0.25, 0.3) is 5.91 Å². The summed E-state index contributed by atoms with van der Waals surface area (Å²) < 4.78 is 13.4. The van der Waals surface area contributed by atoms with E-state index in [9.17, 15) is 9.18 Å². The molecule has 4 rings (SSSR count). The maximum Gasteiger partial charge on any atom is 0.251 e. The fraction of sp³-hybridized carbons (Fsp3) is 0.115. The molecule has 0 saturated heterocycles. The van der Waals surface area contributed by atoms with E-state index < -0.39 is 0 Å². The molecule has 0 saturated carbocycles. The van der Waals surface area contributed by atoms with Crippen molar-refractivity contribution in [3.8, 4) is 11.1 Å². The van der Waals surface area contributed by atoms with Crippen LogP contribution in [0.25, 0.3) is 21.9 Å². The van der Waals surface area contributed by atoms with Crippen LogP contribution in [0.5, 0.6) is 0 Å². The van der Waals surface area contributed by atoms with Crippen LogP contribution in [-0.2, 0) is 13.1 Å². The molecule has 150 valence electrons. The monoisotopic (exact) mass is 398 g/mol. The quantitative estimate of drug-likeness (QED) is 0.463. The summed E-state index contributed by atoms with van der Waals surface area (Å²) in [6.07, 6.45) is 0. The summed E-state index contributed by atoms with van der Waals surface area (Å²) in [5.41, 5.74) is 4.54. The molecule has 0 unspecified atom stereocenters. The Bertz CT molecular complexity index is 1190. The zero-order chi connectivity index (χ0) is 20.9. The maximum atomic E-state index is 13.4. The largest absolute Gasteiger partial charge is 0.348 e. The summed E-state index contributed by atoms with van der Waals surface area (Å²) in [4.78, 5) is 12.6. The van der Waals surface area contributed by atoms with E-state index in [1.807, 2.05) is 37.4 Å². The molecule has 0 heterocycles. The summed E-state index contributed by atoms with van der Waals surface area (Å²) in [7, 11) is 1.93. The zero-order valence-corrected chi connectivity index (χ0v) is 16.8. The van der Waals surface area contributed by atoms with Gasteiger partial charge in [-0.05, 0) is 70.4 Å². The molecule has 4 aromatic rings. The predicted molar refractivity (Wildman–Crippen MR) is 120 cm³/mol. The van der Waals surface area contributed by atoms with E-state index in [2.05, 4.69) is 34.9 Å². The van der Waals surface area contributed by atoms with Crippen LogP contribution in [0.3, 0.4) is 0 Å². The SMILES string of the molecule is CNCc1ccc2c(CNC(=O)c3ccc(-c4cccc(F)c4)cc3)cccc2c1. The van der Waals surface area contributed by atoms with E-state index in [1.54, 1.807) is 18.2 Å². The number of nitrogens with one attached hydrogen (secondary N) is 2. The van der Waals surface area contributed by atoms with Crippen molar-refractivity contribution < 1.29 is 9.18 Å². The van der Waals surface area contributed by atoms with Crippen LogP contribution in [0.4, 0.5) is 4.39 Å².